The van der Waals surface area contributed by atoms with Gasteiger partial charge in [-0.1, -0.05) is 6.07 Å². The maximum Gasteiger partial charge on any atom is 0.234 e. The van der Waals surface area contributed by atoms with E-state index >= 15 is 0 Å². The zero-order valence-corrected chi connectivity index (χ0v) is 18.0. The number of carbonyl (C=O) groups excluding carboxylic acids is 2. The Labute approximate surface area is 182 Å². The van der Waals surface area contributed by atoms with Crippen molar-refractivity contribution in [3.05, 3.63) is 29.6 Å². The van der Waals surface area contributed by atoms with Gasteiger partial charge in [0.25, 0.3) is 0 Å². The van der Waals surface area contributed by atoms with E-state index in [4.69, 9.17) is 5.84 Å². The molecule has 1 spiro atoms. The molecule has 0 radical (unpaired) electrons. The third-order valence-electron chi connectivity index (χ3n) is 7.87. The molecule has 4 heterocycles. The van der Waals surface area contributed by atoms with Crippen LogP contribution >= 0.6 is 0 Å². The largest absolute Gasteiger partial charge is 0.369 e. The van der Waals surface area contributed by atoms with Gasteiger partial charge in [0.15, 0.2) is 0 Å². The standard InChI is InChI=1S/C23H32FN5O2/c24-19-13-16(18-2-4-21(30)26-22(18)31)1-3-20(19)27-11-7-23(8-12-27)14-28(15-23)17-5-9-29(25)10-6-17/h1,3,13,17-18H,2,4-12,14-15,25H2,(H,26,30,31). The number of piperidine rings is 3. The van der Waals surface area contributed by atoms with E-state index in [0.717, 1.165) is 65.0 Å². The van der Waals surface area contributed by atoms with Crippen molar-refractivity contribution in [2.75, 3.05) is 44.2 Å². The van der Waals surface area contributed by atoms with E-state index in [1.165, 1.54) is 6.07 Å². The first-order chi connectivity index (χ1) is 14.9. The van der Waals surface area contributed by atoms with Gasteiger partial charge in [0, 0.05) is 51.7 Å². The number of imide groups is 1. The molecule has 4 saturated heterocycles. The molecule has 1 unspecified atom stereocenters. The Hall–Kier alpha value is -2.03. The summed E-state index contributed by atoms with van der Waals surface area (Å²) in [6.45, 7) is 6.01. The lowest BCUT2D eigenvalue weighted by molar-refractivity contribution is -0.134. The van der Waals surface area contributed by atoms with Crippen LogP contribution in [-0.4, -0.2) is 67.0 Å². The molecule has 168 valence electrons. The Kier molecular flexibility index (Phi) is 5.48. The van der Waals surface area contributed by atoms with Crippen LogP contribution in [0.1, 0.15) is 50.0 Å². The monoisotopic (exact) mass is 429 g/mol. The van der Waals surface area contributed by atoms with Crippen LogP contribution in [0.3, 0.4) is 0 Å². The van der Waals surface area contributed by atoms with E-state index in [1.807, 2.05) is 11.1 Å². The summed E-state index contributed by atoms with van der Waals surface area (Å²) >= 11 is 0. The molecule has 8 heteroatoms. The van der Waals surface area contributed by atoms with Crippen LogP contribution in [0.2, 0.25) is 0 Å². The maximum atomic E-state index is 15.0. The van der Waals surface area contributed by atoms with E-state index in [-0.39, 0.29) is 17.6 Å². The summed E-state index contributed by atoms with van der Waals surface area (Å²) in [5.74, 6) is 4.59. The van der Waals surface area contributed by atoms with Gasteiger partial charge in [-0.3, -0.25) is 25.6 Å². The number of amides is 2. The third-order valence-corrected chi connectivity index (χ3v) is 7.87. The second-order valence-corrected chi connectivity index (χ2v) is 9.87. The number of hydrogen-bond acceptors (Lipinski definition) is 6. The lowest BCUT2D eigenvalue weighted by Gasteiger charge is -2.57. The van der Waals surface area contributed by atoms with Crippen LogP contribution in [0.4, 0.5) is 10.1 Å². The average Bonchev–Trinajstić information content (AvgIpc) is 2.73. The maximum absolute atomic E-state index is 15.0. The summed E-state index contributed by atoms with van der Waals surface area (Å²) < 4.78 is 15.0. The van der Waals surface area contributed by atoms with Crippen molar-refractivity contribution in [3.63, 3.8) is 0 Å². The molecule has 7 nitrogen and oxygen atoms in total. The molecule has 5 rings (SSSR count). The lowest BCUT2D eigenvalue weighted by Crippen LogP contribution is -2.64. The number of nitrogens with one attached hydrogen (secondary N) is 1. The molecule has 3 N–H and O–H groups in total. The first-order valence-electron chi connectivity index (χ1n) is 11.5. The number of hydrogen-bond donors (Lipinski definition) is 2. The minimum atomic E-state index is -0.446. The van der Waals surface area contributed by atoms with Crippen LogP contribution in [-0.2, 0) is 9.59 Å². The van der Waals surface area contributed by atoms with E-state index in [1.54, 1.807) is 6.07 Å². The van der Waals surface area contributed by atoms with Crippen LogP contribution in [0.25, 0.3) is 0 Å². The second kappa shape index (κ2) is 8.15. The Bertz CT molecular complexity index is 854. The van der Waals surface area contributed by atoms with Gasteiger partial charge in [0.1, 0.15) is 5.82 Å². The number of carbonyl (C=O) groups is 2. The van der Waals surface area contributed by atoms with Crippen LogP contribution in [0.5, 0.6) is 0 Å². The fraction of sp³-hybridized carbons (Fsp3) is 0.652. The molecule has 4 aliphatic heterocycles. The minimum Gasteiger partial charge on any atom is -0.369 e. The van der Waals surface area contributed by atoms with Crippen molar-refractivity contribution in [3.8, 4) is 0 Å². The predicted molar refractivity (Wildman–Crippen MR) is 116 cm³/mol. The molecule has 1 aromatic rings. The number of halogens is 1. The highest BCUT2D eigenvalue weighted by Gasteiger charge is 2.47. The quantitative estimate of drug-likeness (QED) is 0.561. The lowest BCUT2D eigenvalue weighted by atomic mass is 9.71. The van der Waals surface area contributed by atoms with E-state index in [2.05, 4.69) is 15.1 Å². The van der Waals surface area contributed by atoms with Gasteiger partial charge in [-0.25, -0.2) is 9.40 Å². The van der Waals surface area contributed by atoms with Gasteiger partial charge in [-0.15, -0.1) is 0 Å². The van der Waals surface area contributed by atoms with Gasteiger partial charge in [0.05, 0.1) is 11.6 Å². The van der Waals surface area contributed by atoms with Gasteiger partial charge in [-0.05, 0) is 55.2 Å². The zero-order valence-electron chi connectivity index (χ0n) is 18.0. The third kappa shape index (κ3) is 4.08. The molecule has 4 aliphatic rings. The van der Waals surface area contributed by atoms with Crippen molar-refractivity contribution in [1.82, 2.24) is 15.2 Å². The van der Waals surface area contributed by atoms with Crippen LogP contribution in [0, 0.1) is 11.2 Å². The molecule has 1 atom stereocenters. The van der Waals surface area contributed by atoms with E-state index < -0.39 is 5.92 Å². The van der Waals surface area contributed by atoms with Crippen molar-refractivity contribution in [1.29, 1.82) is 0 Å². The molecule has 0 saturated carbocycles. The van der Waals surface area contributed by atoms with Crippen molar-refractivity contribution in [2.45, 2.75) is 50.5 Å². The molecule has 4 fully saturated rings. The highest BCUT2D eigenvalue weighted by atomic mass is 19.1. The Morgan fingerprint density at radius 2 is 1.74 bits per heavy atom. The first-order valence-corrected chi connectivity index (χ1v) is 11.5. The summed E-state index contributed by atoms with van der Waals surface area (Å²) in [5, 5.41) is 4.27. The molecule has 2 amide bonds. The van der Waals surface area contributed by atoms with Crippen molar-refractivity contribution < 1.29 is 14.0 Å². The smallest absolute Gasteiger partial charge is 0.234 e. The van der Waals surface area contributed by atoms with Gasteiger partial charge in [-0.2, -0.15) is 0 Å². The minimum absolute atomic E-state index is 0.250. The zero-order chi connectivity index (χ0) is 21.6. The average molecular weight is 430 g/mol. The highest BCUT2D eigenvalue weighted by Crippen LogP contribution is 2.43. The predicted octanol–water partition coefficient (Wildman–Crippen LogP) is 1.59. The van der Waals surface area contributed by atoms with E-state index in [0.29, 0.717) is 35.5 Å². The number of hydrazine groups is 1. The Balaban J connectivity index is 1.17. The number of nitrogens with two attached hydrogens (primary N) is 1. The normalized spacial score (nSPS) is 27.9. The van der Waals surface area contributed by atoms with Gasteiger partial charge < -0.3 is 4.90 Å². The fourth-order valence-corrected chi connectivity index (χ4v) is 5.87. The summed E-state index contributed by atoms with van der Waals surface area (Å²) in [6, 6.07) is 5.80. The molecule has 0 bridgehead atoms. The van der Waals surface area contributed by atoms with E-state index in [9.17, 15) is 14.0 Å². The second-order valence-electron chi connectivity index (χ2n) is 9.87. The molecular weight excluding hydrogens is 397 g/mol. The number of nitrogens with zero attached hydrogens (tertiary/aromatic N) is 3. The molecular formula is C23H32FN5O2. The van der Waals surface area contributed by atoms with Crippen molar-refractivity contribution in [2.24, 2.45) is 11.3 Å². The van der Waals surface area contributed by atoms with Gasteiger partial charge >= 0.3 is 0 Å². The summed E-state index contributed by atoms with van der Waals surface area (Å²) in [7, 11) is 0. The topological polar surface area (TPSA) is 81.9 Å². The summed E-state index contributed by atoms with van der Waals surface area (Å²) in [6.07, 6.45) is 5.24. The Morgan fingerprint density at radius 3 is 2.39 bits per heavy atom. The molecule has 31 heavy (non-hydrogen) atoms. The van der Waals surface area contributed by atoms with Gasteiger partial charge in [0.2, 0.25) is 11.8 Å². The Morgan fingerprint density at radius 1 is 1.03 bits per heavy atom. The first kappa shape index (κ1) is 20.8. The number of benzene rings is 1. The SMILES string of the molecule is NN1CCC(N2CC3(CCN(c4ccc(C5CCC(=O)NC5=O)cc4F)CC3)C2)CC1. The fourth-order valence-electron chi connectivity index (χ4n) is 5.87. The summed E-state index contributed by atoms with van der Waals surface area (Å²) in [4.78, 5) is 28.2. The molecule has 0 aliphatic carbocycles. The molecule has 1 aromatic carbocycles. The number of anilines is 1. The molecule has 0 aromatic heterocycles. The van der Waals surface area contributed by atoms with Crippen molar-refractivity contribution >= 4 is 17.5 Å². The highest BCUT2D eigenvalue weighted by molar-refractivity contribution is 6.00. The van der Waals surface area contributed by atoms with Crippen LogP contribution < -0.4 is 16.1 Å². The van der Waals surface area contributed by atoms with Crippen LogP contribution in [0.15, 0.2) is 18.2 Å². The summed E-state index contributed by atoms with van der Waals surface area (Å²) in [5.41, 5.74) is 1.66. The number of likely N-dealkylation sites (tertiary alicyclic amines) is 1. The number of rotatable bonds is 3.